The molecule has 1 aliphatic rings. The first-order valence-electron chi connectivity index (χ1n) is 11.9. The molecule has 4 rings (SSSR count). The van der Waals surface area contributed by atoms with E-state index in [-0.39, 0.29) is 18.1 Å². The summed E-state index contributed by atoms with van der Waals surface area (Å²) < 4.78 is 12.1. The van der Waals surface area contributed by atoms with Crippen LogP contribution in [-0.2, 0) is 27.3 Å². The Morgan fingerprint density at radius 2 is 1.71 bits per heavy atom. The van der Waals surface area contributed by atoms with E-state index in [1.165, 1.54) is 16.3 Å². The Morgan fingerprint density at radius 1 is 1.00 bits per heavy atom. The van der Waals surface area contributed by atoms with Gasteiger partial charge in [-0.1, -0.05) is 60.7 Å². The van der Waals surface area contributed by atoms with E-state index in [1.54, 1.807) is 4.90 Å². The minimum absolute atomic E-state index is 0.157. The van der Waals surface area contributed by atoms with Crippen molar-refractivity contribution in [3.05, 3.63) is 83.4 Å². The van der Waals surface area contributed by atoms with Crippen molar-refractivity contribution in [3.63, 3.8) is 0 Å². The number of nitrogens with zero attached hydrogens (tertiary/aromatic N) is 1. The molecule has 0 aliphatic carbocycles. The van der Waals surface area contributed by atoms with Gasteiger partial charge in [-0.25, -0.2) is 4.79 Å². The van der Waals surface area contributed by atoms with Crippen LogP contribution in [0.3, 0.4) is 0 Å². The van der Waals surface area contributed by atoms with Crippen LogP contribution in [0.4, 0.5) is 4.79 Å². The highest BCUT2D eigenvalue weighted by Gasteiger charge is 2.35. The number of aldehydes is 1. The molecule has 34 heavy (non-hydrogen) atoms. The van der Waals surface area contributed by atoms with E-state index < -0.39 is 5.60 Å². The van der Waals surface area contributed by atoms with Crippen LogP contribution in [0.2, 0.25) is 0 Å². The number of ether oxygens (including phenoxy) is 2. The third-order valence-electron chi connectivity index (χ3n) is 6.22. The number of amides is 1. The molecule has 1 fully saturated rings. The number of likely N-dealkylation sites (tertiary alicyclic amines) is 1. The molecule has 3 aromatic carbocycles. The number of rotatable bonds is 6. The van der Waals surface area contributed by atoms with Crippen LogP contribution in [0.25, 0.3) is 10.8 Å². The van der Waals surface area contributed by atoms with Gasteiger partial charge in [0.25, 0.3) is 0 Å². The first-order valence-corrected chi connectivity index (χ1v) is 11.9. The van der Waals surface area contributed by atoms with E-state index in [9.17, 15) is 9.59 Å². The maximum absolute atomic E-state index is 12.8. The second kappa shape index (κ2) is 10.4. The van der Waals surface area contributed by atoms with Crippen LogP contribution in [0.5, 0.6) is 0 Å². The van der Waals surface area contributed by atoms with E-state index >= 15 is 0 Å². The molecule has 0 aromatic heterocycles. The smallest absolute Gasteiger partial charge is 0.410 e. The molecular weight excluding hydrogens is 426 g/mol. The lowest BCUT2D eigenvalue weighted by atomic mass is 9.86. The Labute approximate surface area is 201 Å². The second-order valence-electron chi connectivity index (χ2n) is 9.96. The number of carbonyl (C=O) groups is 2. The molecule has 1 heterocycles. The molecule has 0 radical (unpaired) electrons. The molecule has 1 amide bonds. The standard InChI is InChI=1S/C29H33NO4/c1-29(2,3)34-28(32)30-16-14-26(24-12-8-21(9-13-24)15-17-31)27(19-30)33-20-22-10-11-23-6-4-5-7-25(23)18-22/h4-13,17-18,26-27H,14-16,19-20H2,1-3H3. The van der Waals surface area contributed by atoms with Crippen molar-refractivity contribution in [2.45, 2.75) is 57.8 Å². The molecule has 2 unspecified atom stereocenters. The van der Waals surface area contributed by atoms with Gasteiger partial charge in [-0.2, -0.15) is 0 Å². The van der Waals surface area contributed by atoms with Gasteiger partial charge in [-0.3, -0.25) is 0 Å². The van der Waals surface area contributed by atoms with Gasteiger partial charge < -0.3 is 19.2 Å². The summed E-state index contributed by atoms with van der Waals surface area (Å²) in [5, 5.41) is 2.39. The van der Waals surface area contributed by atoms with Crippen LogP contribution >= 0.6 is 0 Å². The van der Waals surface area contributed by atoms with Gasteiger partial charge in [0.05, 0.1) is 19.3 Å². The van der Waals surface area contributed by atoms with E-state index in [2.05, 4.69) is 42.5 Å². The van der Waals surface area contributed by atoms with Crippen LogP contribution in [0, 0.1) is 0 Å². The molecule has 178 valence electrons. The highest BCUT2D eigenvalue weighted by Crippen LogP contribution is 2.32. The Kier molecular flexibility index (Phi) is 7.32. The third kappa shape index (κ3) is 6.03. The average molecular weight is 460 g/mol. The quantitative estimate of drug-likeness (QED) is 0.431. The monoisotopic (exact) mass is 459 g/mol. The summed E-state index contributed by atoms with van der Waals surface area (Å²) in [6.45, 7) is 7.21. The van der Waals surface area contributed by atoms with Crippen molar-refractivity contribution in [2.24, 2.45) is 0 Å². The lowest BCUT2D eigenvalue weighted by Gasteiger charge is -2.39. The minimum Gasteiger partial charge on any atom is -0.444 e. The second-order valence-corrected chi connectivity index (χ2v) is 9.96. The van der Waals surface area contributed by atoms with Crippen LogP contribution in [0.15, 0.2) is 66.7 Å². The molecule has 1 aliphatic heterocycles. The number of hydrogen-bond donors (Lipinski definition) is 0. The van der Waals surface area contributed by atoms with Crippen molar-refractivity contribution >= 4 is 23.2 Å². The summed E-state index contributed by atoms with van der Waals surface area (Å²) in [7, 11) is 0. The van der Waals surface area contributed by atoms with Gasteiger partial charge in [0.15, 0.2) is 0 Å². The lowest BCUT2D eigenvalue weighted by Crippen LogP contribution is -2.48. The summed E-state index contributed by atoms with van der Waals surface area (Å²) in [6.07, 6.45) is 1.66. The van der Waals surface area contributed by atoms with Crippen molar-refractivity contribution in [3.8, 4) is 0 Å². The molecular formula is C29H33NO4. The summed E-state index contributed by atoms with van der Waals surface area (Å²) in [4.78, 5) is 25.4. The van der Waals surface area contributed by atoms with Gasteiger partial charge >= 0.3 is 6.09 Å². The van der Waals surface area contributed by atoms with Gasteiger partial charge in [-0.15, -0.1) is 0 Å². The largest absolute Gasteiger partial charge is 0.444 e. The zero-order valence-corrected chi connectivity index (χ0v) is 20.2. The van der Waals surface area contributed by atoms with Gasteiger partial charge in [0.2, 0.25) is 0 Å². The highest BCUT2D eigenvalue weighted by atomic mass is 16.6. The first-order chi connectivity index (χ1) is 16.3. The topological polar surface area (TPSA) is 55.8 Å². The number of carbonyl (C=O) groups excluding carboxylic acids is 2. The van der Waals surface area contributed by atoms with E-state index in [0.29, 0.717) is 26.1 Å². The normalized spacial score (nSPS) is 18.6. The molecule has 5 nitrogen and oxygen atoms in total. The fourth-order valence-corrected chi connectivity index (χ4v) is 4.49. The predicted molar refractivity (Wildman–Crippen MR) is 134 cm³/mol. The first kappa shape index (κ1) is 24.0. The lowest BCUT2D eigenvalue weighted by molar-refractivity contribution is -0.107. The van der Waals surface area contributed by atoms with E-state index in [4.69, 9.17) is 9.47 Å². The Hall–Kier alpha value is -3.18. The van der Waals surface area contributed by atoms with E-state index in [1.807, 2.05) is 45.0 Å². The number of hydrogen-bond acceptors (Lipinski definition) is 4. The summed E-state index contributed by atoms with van der Waals surface area (Å²) in [5.41, 5.74) is 2.73. The number of piperidine rings is 1. The zero-order chi connectivity index (χ0) is 24.1. The number of fused-ring (bicyclic) bond motifs is 1. The molecule has 0 spiro atoms. The maximum atomic E-state index is 12.8. The van der Waals surface area contributed by atoms with Crippen LogP contribution < -0.4 is 0 Å². The molecule has 0 N–H and O–H groups in total. The van der Waals surface area contributed by atoms with Crippen molar-refractivity contribution in [1.82, 2.24) is 4.90 Å². The number of benzene rings is 3. The van der Waals surface area contributed by atoms with Crippen molar-refractivity contribution in [1.29, 1.82) is 0 Å². The molecule has 5 heteroatoms. The Bertz CT molecular complexity index is 1130. The van der Waals surface area contributed by atoms with Crippen molar-refractivity contribution in [2.75, 3.05) is 13.1 Å². The fraction of sp³-hybridized carbons (Fsp3) is 0.379. The van der Waals surface area contributed by atoms with Crippen molar-refractivity contribution < 1.29 is 19.1 Å². The SMILES string of the molecule is CC(C)(C)OC(=O)N1CCC(c2ccc(CC=O)cc2)C(OCc2ccc3ccccc3c2)C1. The van der Waals surface area contributed by atoms with Crippen LogP contribution in [0.1, 0.15) is 49.8 Å². The van der Waals surface area contributed by atoms with E-state index in [0.717, 1.165) is 23.8 Å². The third-order valence-corrected chi connectivity index (χ3v) is 6.22. The van der Waals surface area contributed by atoms with Gasteiger partial charge in [-0.05, 0) is 60.7 Å². The minimum atomic E-state index is -0.538. The Morgan fingerprint density at radius 3 is 2.41 bits per heavy atom. The summed E-state index contributed by atoms with van der Waals surface area (Å²) >= 11 is 0. The maximum Gasteiger partial charge on any atom is 0.410 e. The molecule has 0 bridgehead atoms. The molecule has 2 atom stereocenters. The zero-order valence-electron chi connectivity index (χ0n) is 20.2. The molecule has 0 saturated carbocycles. The summed E-state index contributed by atoms with van der Waals surface area (Å²) in [6, 6.07) is 22.8. The van der Waals surface area contributed by atoms with Gasteiger partial charge in [0, 0.05) is 18.9 Å². The fourth-order valence-electron chi connectivity index (χ4n) is 4.49. The molecule has 1 saturated heterocycles. The molecule has 3 aromatic rings. The summed E-state index contributed by atoms with van der Waals surface area (Å²) in [5.74, 6) is 0.157. The predicted octanol–water partition coefficient (Wildman–Crippen LogP) is 5.89. The highest BCUT2D eigenvalue weighted by molar-refractivity contribution is 5.82. The average Bonchev–Trinajstić information content (AvgIpc) is 2.82. The Balaban J connectivity index is 1.52. The van der Waals surface area contributed by atoms with Gasteiger partial charge in [0.1, 0.15) is 11.9 Å². The van der Waals surface area contributed by atoms with Crippen LogP contribution in [-0.4, -0.2) is 42.1 Å².